The molecule has 1 aliphatic rings. The number of ether oxygens (including phenoxy) is 2. The number of amides is 1. The first-order valence-electron chi connectivity index (χ1n) is 11.7. The molecule has 0 radical (unpaired) electrons. The summed E-state index contributed by atoms with van der Waals surface area (Å²) in [5.74, 6) is -0.717. The predicted molar refractivity (Wildman–Crippen MR) is 148 cm³/mol. The van der Waals surface area contributed by atoms with Crippen LogP contribution in [0, 0.1) is 8.99 Å². The zero-order valence-electron chi connectivity index (χ0n) is 20.3. The van der Waals surface area contributed by atoms with Gasteiger partial charge in [-0.2, -0.15) is 0 Å². The number of benzene rings is 3. The summed E-state index contributed by atoms with van der Waals surface area (Å²) in [6, 6.07) is 17.7. The number of fused-ring (bicyclic) bond motifs is 2. The highest BCUT2D eigenvalue weighted by Crippen LogP contribution is 2.43. The van der Waals surface area contributed by atoms with Crippen molar-refractivity contribution in [1.29, 1.82) is 0 Å². The van der Waals surface area contributed by atoms with Gasteiger partial charge in [0.25, 0.3) is 5.91 Å². The molecule has 0 saturated carbocycles. The van der Waals surface area contributed by atoms with Crippen LogP contribution in [0.25, 0.3) is 10.8 Å². The van der Waals surface area contributed by atoms with Gasteiger partial charge < -0.3 is 14.4 Å². The lowest BCUT2D eigenvalue weighted by atomic mass is 9.93. The van der Waals surface area contributed by atoms with E-state index in [0.29, 0.717) is 11.6 Å². The Hall–Kier alpha value is -2.16. The van der Waals surface area contributed by atoms with Gasteiger partial charge in [0.1, 0.15) is 12.2 Å². The molecule has 1 aliphatic heterocycles. The van der Waals surface area contributed by atoms with Gasteiger partial charge in [-0.1, -0.05) is 62.7 Å². The van der Waals surface area contributed by atoms with Crippen LogP contribution in [0.15, 0.2) is 54.6 Å². The molecule has 7 heteroatoms. The summed E-state index contributed by atoms with van der Waals surface area (Å²) in [6.07, 6.45) is -1.75. The largest absolute Gasteiger partial charge is 0.466 e. The molecule has 3 aromatic rings. The molecule has 0 aliphatic carbocycles. The number of anilines is 1. The molecule has 35 heavy (non-hydrogen) atoms. The third-order valence-electron chi connectivity index (χ3n) is 5.88. The molecule has 1 heterocycles. The quantitative estimate of drug-likeness (QED) is 0.234. The summed E-state index contributed by atoms with van der Waals surface area (Å²) in [5, 5.41) is 2.68. The van der Waals surface area contributed by atoms with E-state index in [-0.39, 0.29) is 24.3 Å². The van der Waals surface area contributed by atoms with Crippen molar-refractivity contribution in [2.45, 2.75) is 46.3 Å². The normalized spacial score (nSPS) is 18.3. The number of hydrogen-bond donors (Lipinski definition) is 0. The monoisotopic (exact) mass is 605 g/mol. The molecule has 5 nitrogen and oxygen atoms in total. The maximum absolute atomic E-state index is 13.9. The minimum Gasteiger partial charge on any atom is -0.466 e. The summed E-state index contributed by atoms with van der Waals surface area (Å²) >= 11 is 8.79. The Morgan fingerprint density at radius 3 is 2.51 bits per heavy atom. The van der Waals surface area contributed by atoms with E-state index >= 15 is 0 Å². The zero-order chi connectivity index (χ0) is 25.3. The van der Waals surface area contributed by atoms with E-state index in [1.54, 1.807) is 17.9 Å². The highest BCUT2D eigenvalue weighted by molar-refractivity contribution is 14.1. The molecule has 184 valence electrons. The fraction of sp³-hybridized carbons (Fsp3) is 0.357. The molecule has 0 spiro atoms. The SMILES string of the molecule is CCOC(=O)C[C@H]1O[C@H](c2cccc3c(I)cccc23)c2cc(Cl)ccc2N(CC(C)(C)C)C1=O. The summed E-state index contributed by atoms with van der Waals surface area (Å²) < 4.78 is 12.8. The van der Waals surface area contributed by atoms with E-state index in [1.165, 1.54) is 0 Å². The minimum absolute atomic E-state index is 0.159. The van der Waals surface area contributed by atoms with E-state index in [4.69, 9.17) is 21.1 Å². The summed E-state index contributed by atoms with van der Waals surface area (Å²) in [6.45, 7) is 8.68. The molecule has 0 fully saturated rings. The fourth-order valence-electron chi connectivity index (χ4n) is 4.48. The minimum atomic E-state index is -0.995. The number of halogens is 2. The van der Waals surface area contributed by atoms with Crippen molar-refractivity contribution in [2.75, 3.05) is 18.1 Å². The van der Waals surface area contributed by atoms with Gasteiger partial charge in [-0.15, -0.1) is 0 Å². The van der Waals surface area contributed by atoms with Crippen molar-refractivity contribution in [2.24, 2.45) is 5.41 Å². The van der Waals surface area contributed by atoms with Crippen molar-refractivity contribution >= 4 is 62.5 Å². The average molecular weight is 606 g/mol. The Balaban J connectivity index is 1.93. The van der Waals surface area contributed by atoms with E-state index in [0.717, 1.165) is 31.2 Å². The second-order valence-corrected chi connectivity index (χ2v) is 11.5. The fourth-order valence-corrected chi connectivity index (χ4v) is 5.34. The van der Waals surface area contributed by atoms with Gasteiger partial charge in [-0.25, -0.2) is 0 Å². The lowest BCUT2D eigenvalue weighted by Gasteiger charge is -2.31. The first-order chi connectivity index (χ1) is 16.6. The standard InChI is InChI=1S/C28H29ClINO4/c1-5-34-25(32)15-24-27(33)31(16-28(2,3)4)23-13-12-17(29)14-21(23)26(35-24)20-10-6-9-19-18(20)8-7-11-22(19)30/h6-14,24,26H,5,15-16H2,1-4H3/t24-,26-/m1/s1. The number of carbonyl (C=O) groups is 2. The highest BCUT2D eigenvalue weighted by Gasteiger charge is 2.39. The average Bonchev–Trinajstić information content (AvgIpc) is 2.89. The molecular weight excluding hydrogens is 577 g/mol. The summed E-state index contributed by atoms with van der Waals surface area (Å²) in [7, 11) is 0. The molecule has 0 unspecified atom stereocenters. The second kappa shape index (κ2) is 10.4. The van der Waals surface area contributed by atoms with Crippen LogP contribution >= 0.6 is 34.2 Å². The number of nitrogens with zero attached hydrogens (tertiary/aromatic N) is 1. The van der Waals surface area contributed by atoms with Crippen LogP contribution in [0.5, 0.6) is 0 Å². The third kappa shape index (κ3) is 5.65. The maximum Gasteiger partial charge on any atom is 0.308 e. The molecule has 0 bridgehead atoms. The molecule has 1 amide bonds. The van der Waals surface area contributed by atoms with E-state index < -0.39 is 18.2 Å². The first kappa shape index (κ1) is 25.9. The van der Waals surface area contributed by atoms with Crippen molar-refractivity contribution in [1.82, 2.24) is 0 Å². The Morgan fingerprint density at radius 1 is 1.09 bits per heavy atom. The van der Waals surface area contributed by atoms with Gasteiger partial charge >= 0.3 is 5.97 Å². The number of esters is 1. The highest BCUT2D eigenvalue weighted by atomic mass is 127. The maximum atomic E-state index is 13.9. The molecule has 0 aromatic heterocycles. The molecule has 2 atom stereocenters. The topological polar surface area (TPSA) is 55.8 Å². The van der Waals surface area contributed by atoms with Gasteiger partial charge in [0.2, 0.25) is 0 Å². The predicted octanol–water partition coefficient (Wildman–Crippen LogP) is 6.92. The molecule has 0 saturated heterocycles. The van der Waals surface area contributed by atoms with Crippen molar-refractivity contribution < 1.29 is 19.1 Å². The smallest absolute Gasteiger partial charge is 0.308 e. The Labute approximate surface area is 224 Å². The van der Waals surface area contributed by atoms with Crippen LogP contribution in [-0.4, -0.2) is 31.1 Å². The summed E-state index contributed by atoms with van der Waals surface area (Å²) in [5.41, 5.74) is 2.28. The van der Waals surface area contributed by atoms with Crippen LogP contribution in [0.1, 0.15) is 51.3 Å². The lowest BCUT2D eigenvalue weighted by Crippen LogP contribution is -2.44. The Bertz CT molecular complexity index is 1270. The van der Waals surface area contributed by atoms with Crippen molar-refractivity contribution in [3.05, 3.63) is 74.3 Å². The molecule has 0 N–H and O–H groups in total. The summed E-state index contributed by atoms with van der Waals surface area (Å²) in [4.78, 5) is 28.1. The molecule has 3 aromatic carbocycles. The van der Waals surface area contributed by atoms with Gasteiger partial charge in [0.05, 0.1) is 13.0 Å². The van der Waals surface area contributed by atoms with Crippen LogP contribution in [-0.2, 0) is 19.1 Å². The molecular formula is C28H29ClINO4. The third-order valence-corrected chi connectivity index (χ3v) is 7.06. The van der Waals surface area contributed by atoms with Crippen molar-refractivity contribution in [3.8, 4) is 0 Å². The number of rotatable bonds is 5. The van der Waals surface area contributed by atoms with Gasteiger partial charge in [0, 0.05) is 26.4 Å². The second-order valence-electron chi connectivity index (χ2n) is 9.88. The number of carbonyl (C=O) groups excluding carboxylic acids is 2. The Kier molecular flexibility index (Phi) is 7.74. The van der Waals surface area contributed by atoms with Crippen LogP contribution in [0.4, 0.5) is 5.69 Å². The van der Waals surface area contributed by atoms with Gasteiger partial charge in [-0.3, -0.25) is 9.59 Å². The van der Waals surface area contributed by atoms with E-state index in [9.17, 15) is 9.59 Å². The first-order valence-corrected chi connectivity index (χ1v) is 13.1. The molecule has 4 rings (SSSR count). The van der Waals surface area contributed by atoms with E-state index in [1.807, 2.05) is 30.3 Å². The van der Waals surface area contributed by atoms with Crippen molar-refractivity contribution in [3.63, 3.8) is 0 Å². The lowest BCUT2D eigenvalue weighted by molar-refractivity contribution is -0.151. The van der Waals surface area contributed by atoms with Gasteiger partial charge in [-0.05, 0) is 75.5 Å². The Morgan fingerprint density at radius 2 is 1.80 bits per heavy atom. The van der Waals surface area contributed by atoms with Crippen LogP contribution in [0.3, 0.4) is 0 Å². The van der Waals surface area contributed by atoms with Gasteiger partial charge in [0.15, 0.2) is 0 Å². The van der Waals surface area contributed by atoms with Crippen LogP contribution < -0.4 is 4.90 Å². The van der Waals surface area contributed by atoms with E-state index in [2.05, 4.69) is 61.6 Å². The number of hydrogen-bond acceptors (Lipinski definition) is 4. The van der Waals surface area contributed by atoms with Crippen LogP contribution in [0.2, 0.25) is 5.02 Å². The zero-order valence-corrected chi connectivity index (χ0v) is 23.2.